The summed E-state index contributed by atoms with van der Waals surface area (Å²) in [4.78, 5) is 32.7. The van der Waals surface area contributed by atoms with Crippen molar-refractivity contribution < 1.29 is 4.79 Å². The first kappa shape index (κ1) is 28.0. The number of nitrogens with zero attached hydrogens (tertiary/aromatic N) is 7. The zero-order valence-corrected chi connectivity index (χ0v) is 24.7. The molecule has 0 saturated carbocycles. The van der Waals surface area contributed by atoms with Crippen LogP contribution < -0.4 is 0 Å². The number of ketones is 1. The van der Waals surface area contributed by atoms with Gasteiger partial charge in [-0.1, -0.05) is 47.0 Å². The number of pyridine rings is 1. The molecule has 1 aliphatic rings. The summed E-state index contributed by atoms with van der Waals surface area (Å²) in [5, 5.41) is 3.93. The summed E-state index contributed by atoms with van der Waals surface area (Å²) in [7, 11) is 2.17. The number of rotatable bonds is 9. The fraction of sp³-hybridized carbons (Fsp3) is 0.273. The van der Waals surface area contributed by atoms with Gasteiger partial charge in [-0.15, -0.1) is 5.10 Å². The summed E-state index contributed by atoms with van der Waals surface area (Å²) in [5.41, 5.74) is 7.94. The topological polar surface area (TPSA) is 88.0 Å². The van der Waals surface area contributed by atoms with E-state index in [-0.39, 0.29) is 5.78 Å². The summed E-state index contributed by atoms with van der Waals surface area (Å²) in [6.45, 7) is 7.38. The lowest BCUT2D eigenvalue weighted by Gasteiger charge is -2.32. The van der Waals surface area contributed by atoms with Crippen molar-refractivity contribution >= 4 is 17.3 Å². The van der Waals surface area contributed by atoms with E-state index in [4.69, 9.17) is 4.98 Å². The Morgan fingerprint density at radius 3 is 2.48 bits per heavy atom. The van der Waals surface area contributed by atoms with Gasteiger partial charge in [0.2, 0.25) is 0 Å². The third kappa shape index (κ3) is 6.82. The lowest BCUT2D eigenvalue weighted by molar-refractivity contribution is 0.0993. The van der Waals surface area contributed by atoms with Gasteiger partial charge in [-0.3, -0.25) is 14.7 Å². The number of likely N-dealkylation sites (N-methyl/N-ethyl adjacent to an activating group) is 1. The van der Waals surface area contributed by atoms with Gasteiger partial charge in [0.05, 0.1) is 16.8 Å². The monoisotopic (exact) mass is 575 g/mol. The van der Waals surface area contributed by atoms with Gasteiger partial charge >= 0.3 is 0 Å². The van der Waals surface area contributed by atoms with Crippen molar-refractivity contribution in [3.05, 3.63) is 113 Å². The molecule has 1 fully saturated rings. The largest absolute Gasteiger partial charge is 0.304 e. The lowest BCUT2D eigenvalue weighted by atomic mass is 9.97. The molecule has 0 spiro atoms. The van der Waals surface area contributed by atoms with E-state index in [9.17, 15) is 4.79 Å². The highest BCUT2D eigenvalue weighted by Crippen LogP contribution is 2.26. The minimum Gasteiger partial charge on any atom is -0.304 e. The molecule has 1 aliphatic heterocycles. The first-order valence-electron chi connectivity index (χ1n) is 14.2. The summed E-state index contributed by atoms with van der Waals surface area (Å²) in [6.07, 6.45) is 8.07. The zero-order chi connectivity index (χ0) is 28.9. The van der Waals surface area contributed by atoms with Crippen LogP contribution in [0.15, 0.2) is 79.4 Å². The summed E-state index contributed by atoms with van der Waals surface area (Å²) in [5.74, 6) is 0.845. The fourth-order valence-electron chi connectivity index (χ4n) is 5.20. The highest BCUT2D eigenvalue weighted by molar-refractivity contribution is 7.09. The van der Waals surface area contributed by atoms with E-state index < -0.39 is 0 Å². The van der Waals surface area contributed by atoms with Gasteiger partial charge < -0.3 is 4.90 Å². The summed E-state index contributed by atoms with van der Waals surface area (Å²) < 4.78 is 3.95. The molecule has 9 heteroatoms. The van der Waals surface area contributed by atoms with Crippen molar-refractivity contribution in [2.75, 3.05) is 33.2 Å². The Morgan fingerprint density at radius 2 is 1.69 bits per heavy atom. The molecule has 0 N–H and O–H groups in total. The molecule has 0 aliphatic carbocycles. The Kier molecular flexibility index (Phi) is 8.50. The molecule has 0 bridgehead atoms. The quantitative estimate of drug-likeness (QED) is 0.224. The zero-order valence-electron chi connectivity index (χ0n) is 23.9. The molecule has 4 heterocycles. The summed E-state index contributed by atoms with van der Waals surface area (Å²) in [6, 6.07) is 18.3. The van der Waals surface area contributed by atoms with Gasteiger partial charge in [-0.05, 0) is 59.9 Å². The third-order valence-corrected chi connectivity index (χ3v) is 8.50. The van der Waals surface area contributed by atoms with E-state index >= 15 is 0 Å². The molecule has 2 aromatic carbocycles. The number of piperazine rings is 1. The predicted octanol–water partition coefficient (Wildman–Crippen LogP) is 5.13. The molecular weight excluding hydrogens is 542 g/mol. The number of aryl methyl sites for hydroxylation is 1. The molecule has 212 valence electrons. The van der Waals surface area contributed by atoms with Crippen LogP contribution in [0.4, 0.5) is 0 Å². The maximum atomic E-state index is 13.2. The van der Waals surface area contributed by atoms with Crippen LogP contribution in [0.25, 0.3) is 21.7 Å². The van der Waals surface area contributed by atoms with Crippen molar-refractivity contribution in [1.82, 2.24) is 34.3 Å². The highest BCUT2D eigenvalue weighted by Gasteiger charge is 2.15. The Balaban J connectivity index is 1.12. The van der Waals surface area contributed by atoms with Crippen molar-refractivity contribution in [1.29, 1.82) is 0 Å². The normalized spacial score (nSPS) is 14.2. The number of carbonyl (C=O) groups is 1. The van der Waals surface area contributed by atoms with Crippen LogP contribution in [-0.2, 0) is 19.4 Å². The van der Waals surface area contributed by atoms with Crippen LogP contribution in [0.5, 0.6) is 0 Å². The SMILES string of the molecule is Cc1ccc(CC(=O)c2ccc(CN3CCN(C)CC3)cc2)cc1Cc1nccc(-c2cncc(-c3cnns3)c2)n1. The van der Waals surface area contributed by atoms with E-state index in [1.54, 1.807) is 24.8 Å². The van der Waals surface area contributed by atoms with Gasteiger partial charge in [0.1, 0.15) is 5.82 Å². The molecule has 0 amide bonds. The molecule has 6 rings (SSSR count). The van der Waals surface area contributed by atoms with E-state index in [1.165, 1.54) is 17.1 Å². The molecule has 42 heavy (non-hydrogen) atoms. The van der Waals surface area contributed by atoms with Crippen LogP contribution in [0.1, 0.15) is 38.4 Å². The number of carbonyl (C=O) groups excluding carboxylic acids is 1. The van der Waals surface area contributed by atoms with E-state index in [0.717, 1.165) is 82.5 Å². The van der Waals surface area contributed by atoms with Gasteiger partial charge in [0, 0.05) is 80.8 Å². The Morgan fingerprint density at radius 1 is 0.905 bits per heavy atom. The van der Waals surface area contributed by atoms with E-state index in [0.29, 0.717) is 12.8 Å². The van der Waals surface area contributed by atoms with Gasteiger partial charge in [-0.25, -0.2) is 9.97 Å². The molecule has 0 unspecified atom stereocenters. The molecule has 0 atom stereocenters. The third-order valence-electron chi connectivity index (χ3n) is 7.79. The predicted molar refractivity (Wildman–Crippen MR) is 165 cm³/mol. The Labute approximate surface area is 250 Å². The average molecular weight is 576 g/mol. The minimum atomic E-state index is 0.123. The van der Waals surface area contributed by atoms with E-state index in [1.807, 2.05) is 30.3 Å². The molecule has 3 aromatic heterocycles. The first-order chi connectivity index (χ1) is 20.5. The number of benzene rings is 2. The molecule has 1 saturated heterocycles. The fourth-order valence-corrected chi connectivity index (χ4v) is 5.69. The maximum absolute atomic E-state index is 13.2. The number of hydrogen-bond acceptors (Lipinski definition) is 9. The molecule has 5 aromatic rings. The van der Waals surface area contributed by atoms with Crippen LogP contribution in [0, 0.1) is 6.92 Å². The first-order valence-corrected chi connectivity index (χ1v) is 14.9. The van der Waals surface area contributed by atoms with Crippen molar-refractivity contribution in [2.24, 2.45) is 0 Å². The second kappa shape index (κ2) is 12.8. The van der Waals surface area contributed by atoms with Gasteiger partial charge in [0.15, 0.2) is 5.78 Å². The number of Topliss-reactive ketones (excluding diaryl/α,β-unsaturated/α-hetero) is 1. The second-order valence-corrected chi connectivity index (χ2v) is 11.7. The van der Waals surface area contributed by atoms with Gasteiger partial charge in [0.25, 0.3) is 0 Å². The standard InChI is InChI=1S/C33H33N7OS/c1-23-3-4-25(16-31(41)26-7-5-24(6-8-26)22-40-13-11-39(2)12-14-40)15-27(23)18-33-35-10-9-30(37-33)28-17-29(20-34-19-28)32-21-36-38-42-32/h3-10,15,17,19-21H,11-14,16,18,22H2,1-2H3. The van der Waals surface area contributed by atoms with Crippen LogP contribution in [-0.4, -0.2) is 73.3 Å². The smallest absolute Gasteiger partial charge is 0.167 e. The Hall–Kier alpha value is -4.18. The van der Waals surface area contributed by atoms with Crippen LogP contribution in [0.2, 0.25) is 0 Å². The van der Waals surface area contributed by atoms with Crippen LogP contribution >= 0.6 is 11.5 Å². The van der Waals surface area contributed by atoms with Crippen molar-refractivity contribution in [3.63, 3.8) is 0 Å². The number of aromatic nitrogens is 5. The second-order valence-electron chi connectivity index (χ2n) is 10.9. The molecule has 8 nitrogen and oxygen atoms in total. The molecule has 0 radical (unpaired) electrons. The van der Waals surface area contributed by atoms with Crippen molar-refractivity contribution in [3.8, 4) is 21.7 Å². The maximum Gasteiger partial charge on any atom is 0.167 e. The minimum absolute atomic E-state index is 0.123. The Bertz CT molecular complexity index is 1660. The van der Waals surface area contributed by atoms with Crippen molar-refractivity contribution in [2.45, 2.75) is 26.3 Å². The lowest BCUT2D eigenvalue weighted by Crippen LogP contribution is -2.43. The van der Waals surface area contributed by atoms with Gasteiger partial charge in [-0.2, -0.15) is 0 Å². The number of hydrogen-bond donors (Lipinski definition) is 0. The summed E-state index contributed by atoms with van der Waals surface area (Å²) >= 11 is 1.34. The average Bonchev–Trinajstić information content (AvgIpc) is 3.56. The highest BCUT2D eigenvalue weighted by atomic mass is 32.1. The van der Waals surface area contributed by atoms with Crippen LogP contribution in [0.3, 0.4) is 0 Å². The van der Waals surface area contributed by atoms with E-state index in [2.05, 4.69) is 67.6 Å². The molecular formula is C33H33N7OS.